The van der Waals surface area contributed by atoms with Crippen LogP contribution < -0.4 is 5.32 Å². The van der Waals surface area contributed by atoms with Gasteiger partial charge in [0.05, 0.1) is 32.0 Å². The number of allylic oxidation sites excluding steroid dienone is 5. The van der Waals surface area contributed by atoms with Crippen LogP contribution in [0.5, 0.6) is 0 Å². The minimum absolute atomic E-state index is 0.0124. The third-order valence-electron chi connectivity index (χ3n) is 18.0. The smallest absolute Gasteiger partial charge is 0.305 e. The van der Waals surface area contributed by atoms with E-state index in [0.29, 0.717) is 19.4 Å². The highest BCUT2D eigenvalue weighted by Gasteiger charge is 2.44. The highest BCUT2D eigenvalue weighted by atomic mass is 16.7. The monoisotopic (exact) mass is 1230 g/mol. The second kappa shape index (κ2) is 65.4. The maximum absolute atomic E-state index is 13.1. The lowest BCUT2D eigenvalue weighted by atomic mass is 9.99. The molecule has 0 saturated carbocycles. The van der Waals surface area contributed by atoms with Crippen LogP contribution >= 0.6 is 0 Å². The molecule has 0 radical (unpaired) electrons. The van der Waals surface area contributed by atoms with E-state index in [0.717, 1.165) is 51.4 Å². The van der Waals surface area contributed by atoms with Gasteiger partial charge < -0.3 is 45.1 Å². The van der Waals surface area contributed by atoms with E-state index in [1.165, 1.54) is 295 Å². The fourth-order valence-electron chi connectivity index (χ4n) is 12.0. The van der Waals surface area contributed by atoms with Crippen molar-refractivity contribution in [2.45, 2.75) is 416 Å². The summed E-state index contributed by atoms with van der Waals surface area (Å²) in [5.41, 5.74) is 0. The van der Waals surface area contributed by atoms with Crippen LogP contribution in [0.2, 0.25) is 0 Å². The first-order chi connectivity index (χ1) is 42.7. The fourth-order valence-corrected chi connectivity index (χ4v) is 12.0. The number of hydrogen-bond donors (Lipinski definition) is 6. The number of hydrogen-bond acceptors (Lipinski definition) is 10. The van der Waals surface area contributed by atoms with Crippen LogP contribution in [0.1, 0.15) is 373 Å². The number of aliphatic hydroxyl groups excluding tert-OH is 5. The molecule has 0 bridgehead atoms. The van der Waals surface area contributed by atoms with E-state index >= 15 is 0 Å². The van der Waals surface area contributed by atoms with Gasteiger partial charge >= 0.3 is 5.97 Å². The molecule has 1 aliphatic rings. The SMILES string of the molecule is CCCCCCCCCC/C=C/CC/C=C/C(O)C(COC1OC(CO)C(O)C(O)C1O)NC(=O)CCCCCCCCCCCCCCCCCCC/C=C\CCCCCCCCCCCCCCOC(=O)CCCCCCCCCCCCCC. The standard InChI is InChI=1S/C76H143NO10/c1-3-5-7-9-11-13-15-17-39-42-46-50-54-58-62-69(79)68(67-86-76-75(84)74(83)73(82)70(66-78)87-76)77-71(80)63-59-55-51-47-43-40-37-35-33-31-29-27-25-23-21-19-18-20-22-24-26-28-30-32-34-36-38-41-45-49-53-57-61-65-85-72(81)64-60-56-52-48-44-16-14-12-10-8-6-4-2/h22,24,42,46,58,62,68-70,73-76,78-79,82-84H,3-21,23,25-41,43-45,47-57,59-61,63-67H2,1-2H3,(H,77,80)/b24-22-,46-42+,62-58+. The van der Waals surface area contributed by atoms with Crippen molar-refractivity contribution >= 4 is 11.9 Å². The Morgan fingerprint density at radius 3 is 1.14 bits per heavy atom. The number of carbonyl (C=O) groups is 2. The minimum atomic E-state index is -1.58. The van der Waals surface area contributed by atoms with Crippen LogP contribution in [0.3, 0.4) is 0 Å². The Hall–Kier alpha value is -2.12. The van der Waals surface area contributed by atoms with Gasteiger partial charge in [0.15, 0.2) is 6.29 Å². The molecule has 7 unspecified atom stereocenters. The van der Waals surface area contributed by atoms with Crippen molar-refractivity contribution in [3.05, 3.63) is 36.5 Å². The zero-order valence-electron chi connectivity index (χ0n) is 57.0. The molecule has 1 saturated heterocycles. The maximum atomic E-state index is 13.1. The summed E-state index contributed by atoms with van der Waals surface area (Å²) < 4.78 is 16.7. The topological polar surface area (TPSA) is 175 Å². The predicted molar refractivity (Wildman–Crippen MR) is 366 cm³/mol. The summed E-state index contributed by atoms with van der Waals surface area (Å²) in [5, 5.41) is 54.5. The van der Waals surface area contributed by atoms with Crippen molar-refractivity contribution in [1.29, 1.82) is 0 Å². The molecule has 1 fully saturated rings. The van der Waals surface area contributed by atoms with Gasteiger partial charge in [-0.1, -0.05) is 326 Å². The second-order valence-electron chi connectivity index (χ2n) is 26.3. The van der Waals surface area contributed by atoms with Crippen LogP contribution in [0, 0.1) is 0 Å². The molecule has 0 aliphatic carbocycles. The molecule has 11 heteroatoms. The number of aliphatic hydroxyl groups is 5. The number of esters is 1. The lowest BCUT2D eigenvalue weighted by Crippen LogP contribution is -2.60. The Labute approximate surface area is 536 Å². The molecule has 7 atom stereocenters. The summed E-state index contributed by atoms with van der Waals surface area (Å²) in [6.07, 6.45) is 74.4. The number of rotatable bonds is 67. The normalized spacial score (nSPS) is 18.0. The zero-order chi connectivity index (χ0) is 63.0. The van der Waals surface area contributed by atoms with E-state index in [2.05, 4.69) is 43.5 Å². The predicted octanol–water partition coefficient (Wildman–Crippen LogP) is 19.7. The Bertz CT molecular complexity index is 1540. The number of unbranched alkanes of at least 4 members (excludes halogenated alkanes) is 49. The van der Waals surface area contributed by atoms with E-state index in [1.54, 1.807) is 6.08 Å². The molecule has 1 amide bonds. The van der Waals surface area contributed by atoms with Gasteiger partial charge in [0.2, 0.25) is 5.91 Å². The third kappa shape index (κ3) is 54.2. The first kappa shape index (κ1) is 82.9. The fraction of sp³-hybridized carbons (Fsp3) is 0.895. The van der Waals surface area contributed by atoms with Crippen molar-refractivity contribution in [2.75, 3.05) is 19.8 Å². The summed E-state index contributed by atoms with van der Waals surface area (Å²) in [4.78, 5) is 25.1. The average molecular weight is 1230 g/mol. The molecular formula is C76H143NO10. The Morgan fingerprint density at radius 1 is 0.414 bits per heavy atom. The highest BCUT2D eigenvalue weighted by Crippen LogP contribution is 2.23. The van der Waals surface area contributed by atoms with Crippen LogP contribution in [0.4, 0.5) is 0 Å². The van der Waals surface area contributed by atoms with Crippen LogP contribution in [0.15, 0.2) is 36.5 Å². The molecule has 87 heavy (non-hydrogen) atoms. The molecule has 0 spiro atoms. The van der Waals surface area contributed by atoms with Crippen LogP contribution in [-0.2, 0) is 23.8 Å². The third-order valence-corrected chi connectivity index (χ3v) is 18.0. The Morgan fingerprint density at radius 2 is 0.747 bits per heavy atom. The number of ether oxygens (including phenoxy) is 3. The maximum Gasteiger partial charge on any atom is 0.305 e. The number of amides is 1. The van der Waals surface area contributed by atoms with Gasteiger partial charge in [-0.25, -0.2) is 0 Å². The van der Waals surface area contributed by atoms with Crippen LogP contribution in [-0.4, -0.2) is 100 Å². The molecular weight excluding hydrogens is 1090 g/mol. The molecule has 512 valence electrons. The van der Waals surface area contributed by atoms with Crippen molar-refractivity contribution in [1.82, 2.24) is 5.32 Å². The molecule has 1 rings (SSSR count). The van der Waals surface area contributed by atoms with Gasteiger partial charge in [0.25, 0.3) is 0 Å². The van der Waals surface area contributed by atoms with Gasteiger partial charge in [0.1, 0.15) is 24.4 Å². The Kier molecular flexibility index (Phi) is 62.3. The van der Waals surface area contributed by atoms with E-state index in [9.17, 15) is 35.1 Å². The first-order valence-corrected chi connectivity index (χ1v) is 37.8. The highest BCUT2D eigenvalue weighted by molar-refractivity contribution is 5.76. The van der Waals surface area contributed by atoms with Crippen LogP contribution in [0.25, 0.3) is 0 Å². The quantitative estimate of drug-likeness (QED) is 0.0195. The minimum Gasteiger partial charge on any atom is -0.466 e. The van der Waals surface area contributed by atoms with Crippen molar-refractivity contribution in [2.24, 2.45) is 0 Å². The van der Waals surface area contributed by atoms with Gasteiger partial charge in [0, 0.05) is 12.8 Å². The van der Waals surface area contributed by atoms with E-state index in [-0.39, 0.29) is 18.5 Å². The van der Waals surface area contributed by atoms with Gasteiger partial charge in [-0.2, -0.15) is 0 Å². The molecule has 0 aromatic carbocycles. The molecule has 11 nitrogen and oxygen atoms in total. The lowest BCUT2D eigenvalue weighted by molar-refractivity contribution is -0.302. The molecule has 0 aromatic rings. The van der Waals surface area contributed by atoms with Gasteiger partial charge in [-0.15, -0.1) is 0 Å². The summed E-state index contributed by atoms with van der Waals surface area (Å²) in [6, 6.07) is -0.825. The summed E-state index contributed by atoms with van der Waals surface area (Å²) >= 11 is 0. The van der Waals surface area contributed by atoms with Gasteiger partial charge in [-0.3, -0.25) is 9.59 Å². The largest absolute Gasteiger partial charge is 0.466 e. The molecule has 6 N–H and O–H groups in total. The zero-order valence-corrected chi connectivity index (χ0v) is 57.0. The number of carbonyl (C=O) groups excluding carboxylic acids is 2. The Balaban J connectivity index is 1.95. The summed E-state index contributed by atoms with van der Waals surface area (Å²) in [7, 11) is 0. The molecule has 0 aromatic heterocycles. The van der Waals surface area contributed by atoms with Crippen molar-refractivity contribution in [3.8, 4) is 0 Å². The average Bonchev–Trinajstić information content (AvgIpc) is 1.86. The van der Waals surface area contributed by atoms with Crippen molar-refractivity contribution < 1.29 is 49.3 Å². The molecule has 1 aliphatic heterocycles. The van der Waals surface area contributed by atoms with Gasteiger partial charge in [-0.05, 0) is 70.6 Å². The first-order valence-electron chi connectivity index (χ1n) is 37.8. The second-order valence-corrected chi connectivity index (χ2v) is 26.3. The lowest BCUT2D eigenvalue weighted by Gasteiger charge is -2.40. The summed E-state index contributed by atoms with van der Waals surface area (Å²) in [5.74, 6) is -0.174. The van der Waals surface area contributed by atoms with E-state index in [1.807, 2.05) is 6.08 Å². The van der Waals surface area contributed by atoms with Crippen molar-refractivity contribution in [3.63, 3.8) is 0 Å². The van der Waals surface area contributed by atoms with E-state index < -0.39 is 49.5 Å². The molecule has 1 heterocycles. The van der Waals surface area contributed by atoms with E-state index in [4.69, 9.17) is 14.2 Å². The number of nitrogens with one attached hydrogen (secondary N) is 1. The summed E-state index contributed by atoms with van der Waals surface area (Å²) in [6.45, 7) is 4.37.